The molecule has 0 N–H and O–H groups in total. The van der Waals surface area contributed by atoms with Gasteiger partial charge < -0.3 is 0 Å². The van der Waals surface area contributed by atoms with E-state index >= 15 is 0 Å². The summed E-state index contributed by atoms with van der Waals surface area (Å²) < 4.78 is 0. The van der Waals surface area contributed by atoms with Crippen LogP contribution in [0.5, 0.6) is 0 Å². The molecule has 1 aromatic heterocycles. The number of nitrogens with zero attached hydrogens (tertiary/aromatic N) is 2. The Labute approximate surface area is 82.0 Å². The van der Waals surface area contributed by atoms with Gasteiger partial charge in [0.15, 0.2) is 0 Å². The fourth-order valence-electron chi connectivity index (χ4n) is 0.740. The fourth-order valence-corrected chi connectivity index (χ4v) is 1.45. The second-order valence-electron chi connectivity index (χ2n) is 2.21. The van der Waals surface area contributed by atoms with Gasteiger partial charge >= 0.3 is 0 Å². The molecule has 0 fully saturated rings. The number of aromatic nitrogens is 1. The van der Waals surface area contributed by atoms with Crippen LogP contribution in [0.3, 0.4) is 0 Å². The second-order valence-corrected chi connectivity index (χ2v) is 3.21. The molecule has 0 aliphatic rings. The van der Waals surface area contributed by atoms with Crippen molar-refractivity contribution in [1.29, 1.82) is 5.26 Å². The number of rotatable bonds is 2. The Morgan fingerprint density at radius 3 is 3.15 bits per heavy atom. The summed E-state index contributed by atoms with van der Waals surface area (Å²) in [4.78, 5) is 4.10. The summed E-state index contributed by atoms with van der Waals surface area (Å²) in [5.74, 6) is 6.45. The Balaban J connectivity index is 2.66. The van der Waals surface area contributed by atoms with Crippen molar-refractivity contribution in [2.45, 2.75) is 11.9 Å². The van der Waals surface area contributed by atoms with Crippen molar-refractivity contribution in [2.24, 2.45) is 0 Å². The zero-order valence-corrected chi connectivity index (χ0v) is 8.06. The predicted molar refractivity (Wildman–Crippen MR) is 53.1 cm³/mol. The van der Waals surface area contributed by atoms with Crippen LogP contribution < -0.4 is 0 Å². The van der Waals surface area contributed by atoms with Crippen molar-refractivity contribution in [1.82, 2.24) is 4.98 Å². The molecule has 0 atom stereocenters. The summed E-state index contributed by atoms with van der Waals surface area (Å²) >= 11 is 1.54. The third-order valence-corrected chi connectivity index (χ3v) is 2.14. The second kappa shape index (κ2) is 5.24. The van der Waals surface area contributed by atoms with E-state index < -0.39 is 0 Å². The first-order valence-electron chi connectivity index (χ1n) is 3.75. The van der Waals surface area contributed by atoms with Crippen LogP contribution in [0.25, 0.3) is 0 Å². The molecule has 0 saturated carbocycles. The molecule has 0 amide bonds. The van der Waals surface area contributed by atoms with E-state index in [1.54, 1.807) is 25.3 Å². The molecular weight excluding hydrogens is 180 g/mol. The van der Waals surface area contributed by atoms with E-state index in [4.69, 9.17) is 5.26 Å². The first-order chi connectivity index (χ1) is 6.36. The first kappa shape index (κ1) is 9.64. The van der Waals surface area contributed by atoms with Crippen molar-refractivity contribution < 1.29 is 0 Å². The Kier molecular flexibility index (Phi) is 3.88. The normalized spacial score (nSPS) is 8.31. The molecule has 1 heterocycles. The fraction of sp³-hybridized carbons (Fsp3) is 0.200. The highest BCUT2D eigenvalue weighted by molar-refractivity contribution is 7.99. The minimum atomic E-state index is 0.641. The van der Waals surface area contributed by atoms with Gasteiger partial charge in [0.1, 0.15) is 0 Å². The van der Waals surface area contributed by atoms with Gasteiger partial charge in [0.05, 0.1) is 22.4 Å². The van der Waals surface area contributed by atoms with E-state index in [0.717, 1.165) is 10.8 Å². The molecule has 0 aliphatic carbocycles. The number of hydrogen-bond acceptors (Lipinski definition) is 3. The van der Waals surface area contributed by atoms with Crippen molar-refractivity contribution in [3.63, 3.8) is 0 Å². The maximum absolute atomic E-state index is 8.62. The summed E-state index contributed by atoms with van der Waals surface area (Å²) in [7, 11) is 0. The van der Waals surface area contributed by atoms with Crippen molar-refractivity contribution in [2.75, 3.05) is 5.75 Å². The number of nitriles is 1. The summed E-state index contributed by atoms with van der Waals surface area (Å²) in [5, 5.41) is 9.47. The summed E-state index contributed by atoms with van der Waals surface area (Å²) in [6.45, 7) is 1.81. The van der Waals surface area contributed by atoms with Gasteiger partial charge in [-0.2, -0.15) is 5.26 Å². The quantitative estimate of drug-likeness (QED) is 0.526. The smallest absolute Gasteiger partial charge is 0.0993 e. The number of thioether (sulfide) groups is 1. The van der Waals surface area contributed by atoms with Crippen LogP contribution in [0.1, 0.15) is 12.5 Å². The molecule has 0 bridgehead atoms. The van der Waals surface area contributed by atoms with Crippen molar-refractivity contribution >= 4 is 11.8 Å². The average Bonchev–Trinajstić information content (AvgIpc) is 2.19. The van der Waals surface area contributed by atoms with E-state index in [0.29, 0.717) is 5.56 Å². The molecule has 0 radical (unpaired) electrons. The first-order valence-corrected chi connectivity index (χ1v) is 4.74. The lowest BCUT2D eigenvalue weighted by molar-refractivity contribution is 1.13. The zero-order chi connectivity index (χ0) is 9.52. The Bertz CT molecular complexity index is 382. The highest BCUT2D eigenvalue weighted by Gasteiger charge is 1.95. The molecule has 64 valence electrons. The van der Waals surface area contributed by atoms with Gasteiger partial charge in [-0.05, 0) is 19.1 Å². The van der Waals surface area contributed by atoms with Crippen LogP contribution in [0.4, 0.5) is 0 Å². The molecule has 0 spiro atoms. The van der Waals surface area contributed by atoms with Crippen LogP contribution in [-0.2, 0) is 0 Å². The Hall–Kier alpha value is -1.45. The molecule has 1 aromatic rings. The zero-order valence-electron chi connectivity index (χ0n) is 7.24. The monoisotopic (exact) mass is 188 g/mol. The maximum atomic E-state index is 8.62. The maximum Gasteiger partial charge on any atom is 0.0993 e. The van der Waals surface area contributed by atoms with Crippen molar-refractivity contribution in [3.8, 4) is 17.9 Å². The largest absolute Gasteiger partial charge is 0.250 e. The standard InChI is InChI=1S/C10H8N2S/c1-2-3-6-13-10-7-9(8-11)4-5-12-10/h4-5,7H,6H2,1H3. The van der Waals surface area contributed by atoms with Crippen molar-refractivity contribution in [3.05, 3.63) is 23.9 Å². The van der Waals surface area contributed by atoms with Gasteiger partial charge in [0.2, 0.25) is 0 Å². The summed E-state index contributed by atoms with van der Waals surface area (Å²) in [6.07, 6.45) is 1.64. The highest BCUT2D eigenvalue weighted by Crippen LogP contribution is 2.14. The topological polar surface area (TPSA) is 36.7 Å². The van der Waals surface area contributed by atoms with Crippen LogP contribution >= 0.6 is 11.8 Å². The third kappa shape index (κ3) is 3.19. The van der Waals surface area contributed by atoms with E-state index in [-0.39, 0.29) is 0 Å². The number of pyridine rings is 1. The van der Waals surface area contributed by atoms with Crippen LogP contribution in [0.2, 0.25) is 0 Å². The van der Waals surface area contributed by atoms with Crippen LogP contribution in [0, 0.1) is 23.2 Å². The SMILES string of the molecule is CC#CCSc1cc(C#N)ccn1. The Morgan fingerprint density at radius 1 is 1.62 bits per heavy atom. The molecule has 2 nitrogen and oxygen atoms in total. The molecule has 0 saturated heterocycles. The molecule has 0 aliphatic heterocycles. The Morgan fingerprint density at radius 2 is 2.46 bits per heavy atom. The summed E-state index contributed by atoms with van der Waals surface area (Å²) in [5.41, 5.74) is 0.641. The van der Waals surface area contributed by atoms with E-state index in [1.165, 1.54) is 11.8 Å². The third-order valence-electron chi connectivity index (χ3n) is 1.33. The molecule has 0 aromatic carbocycles. The van der Waals surface area contributed by atoms with Gasteiger partial charge in [0, 0.05) is 6.20 Å². The van der Waals surface area contributed by atoms with E-state index in [9.17, 15) is 0 Å². The van der Waals surface area contributed by atoms with Crippen LogP contribution in [0.15, 0.2) is 23.4 Å². The lowest BCUT2D eigenvalue weighted by atomic mass is 10.3. The average molecular weight is 188 g/mol. The minimum absolute atomic E-state index is 0.641. The van der Waals surface area contributed by atoms with Gasteiger partial charge in [-0.3, -0.25) is 0 Å². The van der Waals surface area contributed by atoms with Gasteiger partial charge in [-0.15, -0.1) is 5.92 Å². The molecule has 0 unspecified atom stereocenters. The highest BCUT2D eigenvalue weighted by atomic mass is 32.2. The van der Waals surface area contributed by atoms with E-state index in [2.05, 4.69) is 22.9 Å². The predicted octanol–water partition coefficient (Wildman–Crippen LogP) is 2.07. The summed E-state index contributed by atoms with van der Waals surface area (Å²) in [6, 6.07) is 5.52. The lowest BCUT2D eigenvalue weighted by Gasteiger charge is -1.95. The molecule has 13 heavy (non-hydrogen) atoms. The van der Waals surface area contributed by atoms with Gasteiger partial charge in [-0.1, -0.05) is 17.7 Å². The molecule has 3 heteroatoms. The van der Waals surface area contributed by atoms with Gasteiger partial charge in [0.25, 0.3) is 0 Å². The molecule has 1 rings (SSSR count). The van der Waals surface area contributed by atoms with Crippen LogP contribution in [-0.4, -0.2) is 10.7 Å². The van der Waals surface area contributed by atoms with E-state index in [1.807, 2.05) is 0 Å². The number of hydrogen-bond donors (Lipinski definition) is 0. The molecular formula is C10H8N2S. The minimum Gasteiger partial charge on any atom is -0.250 e. The lowest BCUT2D eigenvalue weighted by Crippen LogP contribution is -1.82. The van der Waals surface area contributed by atoms with Gasteiger partial charge in [-0.25, -0.2) is 4.98 Å².